The predicted octanol–water partition coefficient (Wildman–Crippen LogP) is 3.14. The topological polar surface area (TPSA) is 64.0 Å². The number of piperidine rings is 1. The Kier molecular flexibility index (Phi) is 5.91. The average Bonchev–Trinajstić information content (AvgIpc) is 2.75. The van der Waals surface area contributed by atoms with Crippen molar-refractivity contribution in [3.8, 4) is 0 Å². The largest absolute Gasteiger partial charge is 0.387 e. The van der Waals surface area contributed by atoms with E-state index >= 15 is 0 Å². The fraction of sp³-hybridized carbons (Fsp3) is 0.458. The van der Waals surface area contributed by atoms with Crippen LogP contribution < -0.4 is 4.90 Å². The van der Waals surface area contributed by atoms with Crippen molar-refractivity contribution in [1.82, 2.24) is 4.90 Å². The number of aliphatic hydroxyl groups is 2. The molecule has 30 heavy (non-hydrogen) atoms. The lowest BCUT2D eigenvalue weighted by molar-refractivity contribution is -0.116. The number of β-amino-alcohol motifs (C(OH)–C–C–N with tert-alkyl or cyclic N) is 1. The highest BCUT2D eigenvalue weighted by Gasteiger charge is 2.34. The van der Waals surface area contributed by atoms with E-state index < -0.39 is 11.7 Å². The standard InChI is InChI=1S/C24H29FN2O3/c1-17(28)27-12-2-3-18-15-19(4-9-22(18)27)23(29)16-26-13-10-24(30,11-14-26)20-5-7-21(25)8-6-20/h4-9,15,23,29-30H,2-3,10-14,16H2,1H3/t23-/m0/s1. The second-order valence-electron chi connectivity index (χ2n) is 8.52. The van der Waals surface area contributed by atoms with Gasteiger partial charge in [-0.3, -0.25) is 4.79 Å². The summed E-state index contributed by atoms with van der Waals surface area (Å²) in [5.74, 6) is -0.259. The molecule has 2 heterocycles. The number of nitrogens with zero attached hydrogens (tertiary/aromatic N) is 2. The van der Waals surface area contributed by atoms with Crippen LogP contribution in [0.3, 0.4) is 0 Å². The summed E-state index contributed by atoms with van der Waals surface area (Å²) < 4.78 is 13.2. The first kappa shape index (κ1) is 21.0. The van der Waals surface area contributed by atoms with Crippen LogP contribution in [0.25, 0.3) is 0 Å². The van der Waals surface area contributed by atoms with Crippen molar-refractivity contribution in [3.05, 3.63) is 65.0 Å². The molecule has 0 unspecified atom stereocenters. The molecule has 0 saturated carbocycles. The maximum absolute atomic E-state index is 13.2. The van der Waals surface area contributed by atoms with E-state index in [1.807, 2.05) is 18.2 Å². The molecule has 2 aliphatic heterocycles. The lowest BCUT2D eigenvalue weighted by Gasteiger charge is -2.39. The summed E-state index contributed by atoms with van der Waals surface area (Å²) in [4.78, 5) is 15.8. The van der Waals surface area contributed by atoms with Crippen LogP contribution in [0.4, 0.5) is 10.1 Å². The van der Waals surface area contributed by atoms with Crippen LogP contribution in [0.5, 0.6) is 0 Å². The number of aryl methyl sites for hydroxylation is 1. The van der Waals surface area contributed by atoms with Gasteiger partial charge in [-0.1, -0.05) is 24.3 Å². The molecule has 2 aromatic carbocycles. The van der Waals surface area contributed by atoms with E-state index in [0.717, 1.165) is 41.8 Å². The number of hydrogen-bond acceptors (Lipinski definition) is 4. The van der Waals surface area contributed by atoms with Gasteiger partial charge < -0.3 is 20.0 Å². The Morgan fingerprint density at radius 2 is 1.83 bits per heavy atom. The second-order valence-corrected chi connectivity index (χ2v) is 8.52. The number of anilines is 1. The van der Waals surface area contributed by atoms with Crippen molar-refractivity contribution in [2.45, 2.75) is 44.3 Å². The molecule has 4 rings (SSSR count). The molecule has 2 aromatic rings. The number of aliphatic hydroxyl groups excluding tert-OH is 1. The summed E-state index contributed by atoms with van der Waals surface area (Å²) in [6.07, 6.45) is 2.31. The summed E-state index contributed by atoms with van der Waals surface area (Å²) >= 11 is 0. The zero-order valence-corrected chi connectivity index (χ0v) is 17.4. The zero-order chi connectivity index (χ0) is 21.3. The third kappa shape index (κ3) is 4.26. The molecule has 5 nitrogen and oxygen atoms in total. The third-order valence-electron chi connectivity index (χ3n) is 6.48. The van der Waals surface area contributed by atoms with E-state index in [-0.39, 0.29) is 11.7 Å². The minimum Gasteiger partial charge on any atom is -0.387 e. The summed E-state index contributed by atoms with van der Waals surface area (Å²) in [6.45, 7) is 4.15. The lowest BCUT2D eigenvalue weighted by Crippen LogP contribution is -2.44. The summed E-state index contributed by atoms with van der Waals surface area (Å²) in [7, 11) is 0. The van der Waals surface area contributed by atoms with Gasteiger partial charge in [0.2, 0.25) is 5.91 Å². The third-order valence-corrected chi connectivity index (χ3v) is 6.48. The fourth-order valence-electron chi connectivity index (χ4n) is 4.66. The number of halogens is 1. The highest BCUT2D eigenvalue weighted by atomic mass is 19.1. The molecule has 1 fully saturated rings. The number of rotatable bonds is 4. The van der Waals surface area contributed by atoms with E-state index in [4.69, 9.17) is 0 Å². The molecule has 1 saturated heterocycles. The Morgan fingerprint density at radius 3 is 2.50 bits per heavy atom. The van der Waals surface area contributed by atoms with E-state index in [9.17, 15) is 19.4 Å². The number of hydrogen-bond donors (Lipinski definition) is 2. The summed E-state index contributed by atoms with van der Waals surface area (Å²) in [6, 6.07) is 11.9. The van der Waals surface area contributed by atoms with Crippen molar-refractivity contribution >= 4 is 11.6 Å². The van der Waals surface area contributed by atoms with E-state index in [0.29, 0.717) is 32.5 Å². The first-order chi connectivity index (χ1) is 14.4. The van der Waals surface area contributed by atoms with Crippen molar-refractivity contribution in [2.24, 2.45) is 0 Å². The Labute approximate surface area is 176 Å². The quantitative estimate of drug-likeness (QED) is 0.810. The molecule has 2 N–H and O–H groups in total. The molecule has 0 bridgehead atoms. The highest BCUT2D eigenvalue weighted by molar-refractivity contribution is 5.92. The van der Waals surface area contributed by atoms with Gasteiger partial charge in [0.05, 0.1) is 11.7 Å². The van der Waals surface area contributed by atoms with Gasteiger partial charge in [0.15, 0.2) is 0 Å². The first-order valence-electron chi connectivity index (χ1n) is 10.7. The van der Waals surface area contributed by atoms with Crippen molar-refractivity contribution < 1.29 is 19.4 Å². The fourth-order valence-corrected chi connectivity index (χ4v) is 4.66. The molecular formula is C24H29FN2O3. The van der Waals surface area contributed by atoms with Crippen LogP contribution in [0.15, 0.2) is 42.5 Å². The van der Waals surface area contributed by atoms with E-state index in [1.165, 1.54) is 12.1 Å². The van der Waals surface area contributed by atoms with Crippen LogP contribution >= 0.6 is 0 Å². The monoisotopic (exact) mass is 412 g/mol. The van der Waals surface area contributed by atoms with Crippen LogP contribution in [-0.2, 0) is 16.8 Å². The number of amides is 1. The zero-order valence-electron chi connectivity index (χ0n) is 17.4. The molecule has 160 valence electrons. The Balaban J connectivity index is 1.39. The van der Waals surface area contributed by atoms with Crippen LogP contribution in [-0.4, -0.2) is 47.2 Å². The van der Waals surface area contributed by atoms with Crippen molar-refractivity contribution in [1.29, 1.82) is 0 Å². The van der Waals surface area contributed by atoms with E-state index in [1.54, 1.807) is 24.0 Å². The first-order valence-corrected chi connectivity index (χ1v) is 10.7. The molecular weight excluding hydrogens is 383 g/mol. The molecule has 2 aliphatic rings. The second kappa shape index (κ2) is 8.46. The molecule has 0 aliphatic carbocycles. The number of likely N-dealkylation sites (tertiary alicyclic amines) is 1. The maximum atomic E-state index is 13.2. The van der Waals surface area contributed by atoms with Gasteiger partial charge in [-0.05, 0) is 60.6 Å². The Morgan fingerprint density at radius 1 is 1.13 bits per heavy atom. The van der Waals surface area contributed by atoms with Crippen molar-refractivity contribution in [2.75, 3.05) is 31.1 Å². The Bertz CT molecular complexity index is 907. The van der Waals surface area contributed by atoms with Crippen LogP contribution in [0, 0.1) is 5.82 Å². The van der Waals surface area contributed by atoms with Gasteiger partial charge in [-0.15, -0.1) is 0 Å². The smallest absolute Gasteiger partial charge is 0.223 e. The molecule has 1 atom stereocenters. The molecule has 0 spiro atoms. The highest BCUT2D eigenvalue weighted by Crippen LogP contribution is 2.34. The summed E-state index contributed by atoms with van der Waals surface area (Å²) in [5, 5.41) is 21.8. The van der Waals surface area contributed by atoms with Crippen molar-refractivity contribution in [3.63, 3.8) is 0 Å². The van der Waals surface area contributed by atoms with Crippen LogP contribution in [0.2, 0.25) is 0 Å². The molecule has 6 heteroatoms. The number of benzene rings is 2. The number of fused-ring (bicyclic) bond motifs is 1. The van der Waals surface area contributed by atoms with Gasteiger partial charge in [-0.2, -0.15) is 0 Å². The van der Waals surface area contributed by atoms with Gasteiger partial charge >= 0.3 is 0 Å². The maximum Gasteiger partial charge on any atom is 0.223 e. The van der Waals surface area contributed by atoms with Crippen LogP contribution in [0.1, 0.15) is 49.0 Å². The average molecular weight is 413 g/mol. The normalized spacial score (nSPS) is 19.9. The molecule has 0 radical (unpaired) electrons. The van der Waals surface area contributed by atoms with Gasteiger partial charge in [0.25, 0.3) is 0 Å². The predicted molar refractivity (Wildman–Crippen MR) is 114 cm³/mol. The summed E-state index contributed by atoms with van der Waals surface area (Å²) in [5.41, 5.74) is 2.72. The minimum absolute atomic E-state index is 0.0474. The Hall–Kier alpha value is -2.28. The van der Waals surface area contributed by atoms with Gasteiger partial charge in [0, 0.05) is 38.8 Å². The molecule has 0 aromatic heterocycles. The minimum atomic E-state index is -0.947. The SMILES string of the molecule is CC(=O)N1CCCc2cc([C@@H](O)CN3CCC(O)(c4ccc(F)cc4)CC3)ccc21. The number of carbonyl (C=O) groups is 1. The van der Waals surface area contributed by atoms with Gasteiger partial charge in [0.1, 0.15) is 5.82 Å². The lowest BCUT2D eigenvalue weighted by atomic mass is 9.84. The number of carbonyl (C=O) groups excluding carboxylic acids is 1. The van der Waals surface area contributed by atoms with E-state index in [2.05, 4.69) is 4.90 Å². The van der Waals surface area contributed by atoms with Gasteiger partial charge in [-0.25, -0.2) is 4.39 Å². The molecule has 1 amide bonds.